The maximum atomic E-state index is 12.2. The summed E-state index contributed by atoms with van der Waals surface area (Å²) in [5, 5.41) is 3.13. The van der Waals surface area contributed by atoms with Gasteiger partial charge >= 0.3 is 0 Å². The summed E-state index contributed by atoms with van der Waals surface area (Å²) in [6.07, 6.45) is 4.95. The third-order valence-electron chi connectivity index (χ3n) is 4.67. The molecule has 4 heteroatoms. The van der Waals surface area contributed by atoms with Crippen LogP contribution in [0.1, 0.15) is 48.1 Å². The van der Waals surface area contributed by atoms with E-state index in [9.17, 15) is 4.79 Å². The number of nitrogens with one attached hydrogen (secondary N) is 1. The fourth-order valence-corrected chi connectivity index (χ4v) is 4.29. The Morgan fingerprint density at radius 3 is 2.60 bits per heavy atom. The summed E-state index contributed by atoms with van der Waals surface area (Å²) < 4.78 is 1.08. The Labute approximate surface area is 162 Å². The number of rotatable bonds is 6. The zero-order chi connectivity index (χ0) is 17.6. The molecule has 0 bridgehead atoms. The summed E-state index contributed by atoms with van der Waals surface area (Å²) in [4.78, 5) is 12.2. The van der Waals surface area contributed by atoms with E-state index >= 15 is 0 Å². The number of thioether (sulfide) groups is 1. The fourth-order valence-electron chi connectivity index (χ4n) is 3.23. The molecule has 0 radical (unpaired) electrons. The van der Waals surface area contributed by atoms with Crippen molar-refractivity contribution in [2.45, 2.75) is 44.4 Å². The topological polar surface area (TPSA) is 29.1 Å². The van der Waals surface area contributed by atoms with Crippen LogP contribution in [0.25, 0.3) is 0 Å². The maximum Gasteiger partial charge on any atom is 0.230 e. The fraction of sp³-hybridized carbons (Fsp3) is 0.381. The normalized spacial score (nSPS) is 14.6. The Hall–Kier alpha value is -1.26. The Morgan fingerprint density at radius 1 is 1.12 bits per heavy atom. The smallest absolute Gasteiger partial charge is 0.230 e. The van der Waals surface area contributed by atoms with Crippen molar-refractivity contribution in [3.05, 3.63) is 69.2 Å². The molecule has 0 saturated carbocycles. The number of fused-ring (bicyclic) bond motifs is 1. The van der Waals surface area contributed by atoms with Gasteiger partial charge in [-0.05, 0) is 67.0 Å². The summed E-state index contributed by atoms with van der Waals surface area (Å²) in [6.45, 7) is 2.07. The van der Waals surface area contributed by atoms with Gasteiger partial charge in [0.05, 0.1) is 11.8 Å². The van der Waals surface area contributed by atoms with Crippen LogP contribution in [0.3, 0.4) is 0 Å². The molecule has 1 N–H and O–H groups in total. The predicted octanol–water partition coefficient (Wildman–Crippen LogP) is 5.44. The Balaban J connectivity index is 1.48. The van der Waals surface area contributed by atoms with Gasteiger partial charge in [0, 0.05) is 10.2 Å². The SMILES string of the molecule is CC(NC(=O)CSCc1ccc(Br)cc1)c1ccc2c(c1)CCCC2. The molecule has 1 atom stereocenters. The summed E-state index contributed by atoms with van der Waals surface area (Å²) in [5.74, 6) is 1.45. The van der Waals surface area contributed by atoms with E-state index < -0.39 is 0 Å². The molecule has 3 rings (SSSR count). The van der Waals surface area contributed by atoms with Crippen molar-refractivity contribution in [1.82, 2.24) is 5.32 Å². The van der Waals surface area contributed by atoms with Crippen molar-refractivity contribution < 1.29 is 4.79 Å². The van der Waals surface area contributed by atoms with Crippen LogP contribution >= 0.6 is 27.7 Å². The van der Waals surface area contributed by atoms with Gasteiger partial charge in [-0.3, -0.25) is 4.79 Å². The van der Waals surface area contributed by atoms with Gasteiger partial charge < -0.3 is 5.32 Å². The van der Waals surface area contributed by atoms with Gasteiger partial charge in [-0.15, -0.1) is 11.8 Å². The number of aryl methyl sites for hydroxylation is 2. The summed E-state index contributed by atoms with van der Waals surface area (Å²) in [7, 11) is 0. The van der Waals surface area contributed by atoms with Crippen molar-refractivity contribution >= 4 is 33.6 Å². The van der Waals surface area contributed by atoms with Gasteiger partial charge in [-0.25, -0.2) is 0 Å². The molecule has 0 saturated heterocycles. The third-order valence-corrected chi connectivity index (χ3v) is 6.20. The van der Waals surface area contributed by atoms with Crippen LogP contribution in [0, 0.1) is 0 Å². The van der Waals surface area contributed by atoms with Crippen LogP contribution in [0.15, 0.2) is 46.9 Å². The second kappa shape index (κ2) is 8.91. The number of hydrogen-bond donors (Lipinski definition) is 1. The first-order chi connectivity index (χ1) is 12.1. The average Bonchev–Trinajstić information content (AvgIpc) is 2.63. The van der Waals surface area contributed by atoms with E-state index in [0.29, 0.717) is 5.75 Å². The van der Waals surface area contributed by atoms with E-state index in [2.05, 4.69) is 58.5 Å². The lowest BCUT2D eigenvalue weighted by Crippen LogP contribution is -2.28. The van der Waals surface area contributed by atoms with Crippen molar-refractivity contribution in [2.75, 3.05) is 5.75 Å². The van der Waals surface area contributed by atoms with Crippen LogP contribution in [0.2, 0.25) is 0 Å². The highest BCUT2D eigenvalue weighted by Crippen LogP contribution is 2.25. The second-order valence-electron chi connectivity index (χ2n) is 6.64. The molecule has 1 aliphatic rings. The van der Waals surface area contributed by atoms with E-state index in [4.69, 9.17) is 0 Å². The molecule has 0 aromatic heterocycles. The molecule has 2 nitrogen and oxygen atoms in total. The van der Waals surface area contributed by atoms with Crippen LogP contribution in [0.5, 0.6) is 0 Å². The van der Waals surface area contributed by atoms with Gasteiger partial charge in [0.2, 0.25) is 5.91 Å². The Bertz CT molecular complexity index is 729. The number of halogens is 1. The molecular formula is C21H24BrNOS. The van der Waals surface area contributed by atoms with Crippen molar-refractivity contribution in [3.8, 4) is 0 Å². The minimum absolute atomic E-state index is 0.0630. The van der Waals surface area contributed by atoms with E-state index in [1.165, 1.54) is 47.9 Å². The zero-order valence-electron chi connectivity index (χ0n) is 14.6. The molecular weight excluding hydrogens is 394 g/mol. The maximum absolute atomic E-state index is 12.2. The zero-order valence-corrected chi connectivity index (χ0v) is 17.0. The first kappa shape index (κ1) is 18.5. The van der Waals surface area contributed by atoms with Gasteiger partial charge in [0.25, 0.3) is 0 Å². The molecule has 1 unspecified atom stereocenters. The van der Waals surface area contributed by atoms with Gasteiger partial charge in [-0.1, -0.05) is 46.3 Å². The summed E-state index contributed by atoms with van der Waals surface area (Å²) >= 11 is 5.09. The summed E-state index contributed by atoms with van der Waals surface area (Å²) in [6, 6.07) is 15.0. The molecule has 0 aliphatic heterocycles. The lowest BCUT2D eigenvalue weighted by molar-refractivity contribution is -0.119. The number of carbonyl (C=O) groups is 1. The molecule has 0 heterocycles. The highest BCUT2D eigenvalue weighted by atomic mass is 79.9. The standard InChI is InChI=1S/C21H24BrNOS/c1-15(18-9-8-17-4-2-3-5-19(17)12-18)23-21(24)14-25-13-16-6-10-20(22)11-7-16/h6-12,15H,2-5,13-14H2,1H3,(H,23,24). The van der Waals surface area contributed by atoms with Gasteiger partial charge in [0.15, 0.2) is 0 Å². The molecule has 132 valence electrons. The summed E-state index contributed by atoms with van der Waals surface area (Å²) in [5.41, 5.74) is 5.41. The minimum atomic E-state index is 0.0630. The van der Waals surface area contributed by atoms with Crippen LogP contribution in [-0.2, 0) is 23.4 Å². The molecule has 0 spiro atoms. The van der Waals surface area contributed by atoms with Gasteiger partial charge in [-0.2, -0.15) is 0 Å². The Morgan fingerprint density at radius 2 is 1.84 bits per heavy atom. The molecule has 1 amide bonds. The lowest BCUT2D eigenvalue weighted by Gasteiger charge is -2.20. The quantitative estimate of drug-likeness (QED) is 0.677. The predicted molar refractivity (Wildman–Crippen MR) is 110 cm³/mol. The third kappa shape index (κ3) is 5.35. The molecule has 1 aliphatic carbocycles. The van der Waals surface area contributed by atoms with E-state index in [1.54, 1.807) is 11.8 Å². The molecule has 25 heavy (non-hydrogen) atoms. The monoisotopic (exact) mass is 417 g/mol. The first-order valence-electron chi connectivity index (χ1n) is 8.85. The van der Waals surface area contributed by atoms with E-state index in [-0.39, 0.29) is 11.9 Å². The Kier molecular flexibility index (Phi) is 6.60. The van der Waals surface area contributed by atoms with Crippen molar-refractivity contribution in [3.63, 3.8) is 0 Å². The van der Waals surface area contributed by atoms with Crippen LogP contribution in [-0.4, -0.2) is 11.7 Å². The van der Waals surface area contributed by atoms with Crippen LogP contribution in [0.4, 0.5) is 0 Å². The average molecular weight is 418 g/mol. The van der Waals surface area contributed by atoms with E-state index in [1.807, 2.05) is 12.1 Å². The molecule has 2 aromatic carbocycles. The highest BCUT2D eigenvalue weighted by molar-refractivity contribution is 9.10. The lowest BCUT2D eigenvalue weighted by atomic mass is 9.89. The largest absolute Gasteiger partial charge is 0.349 e. The number of amides is 1. The number of carbonyl (C=O) groups excluding carboxylic acids is 1. The molecule has 0 fully saturated rings. The molecule has 2 aromatic rings. The van der Waals surface area contributed by atoms with Crippen molar-refractivity contribution in [2.24, 2.45) is 0 Å². The minimum Gasteiger partial charge on any atom is -0.349 e. The highest BCUT2D eigenvalue weighted by Gasteiger charge is 2.14. The second-order valence-corrected chi connectivity index (χ2v) is 8.54. The van der Waals surface area contributed by atoms with E-state index in [0.717, 1.165) is 10.2 Å². The number of benzene rings is 2. The first-order valence-corrected chi connectivity index (χ1v) is 10.8. The van der Waals surface area contributed by atoms with Gasteiger partial charge in [0.1, 0.15) is 0 Å². The van der Waals surface area contributed by atoms with Crippen LogP contribution < -0.4 is 5.32 Å². The van der Waals surface area contributed by atoms with Crippen molar-refractivity contribution in [1.29, 1.82) is 0 Å². The number of hydrogen-bond acceptors (Lipinski definition) is 2.